The molecule has 0 radical (unpaired) electrons. The molecule has 0 saturated heterocycles. The predicted molar refractivity (Wildman–Crippen MR) is 86.0 cm³/mol. The largest absolute Gasteiger partial charge is 0.330 e. The molecule has 2 N–H and O–H groups in total. The van der Waals surface area contributed by atoms with Gasteiger partial charge in [-0.05, 0) is 50.8 Å². The monoisotopic (exact) mass is 276 g/mol. The molecule has 0 fully saturated rings. The summed E-state index contributed by atoms with van der Waals surface area (Å²) in [5.41, 5.74) is 8.98. The second kappa shape index (κ2) is 8.05. The minimum absolute atomic E-state index is 0.187. The van der Waals surface area contributed by atoms with Crippen LogP contribution in [0.4, 0.5) is 5.69 Å². The normalized spacial score (nSPS) is 12.2. The second-order valence-corrected chi connectivity index (χ2v) is 5.63. The van der Waals surface area contributed by atoms with E-state index in [-0.39, 0.29) is 5.91 Å². The Morgan fingerprint density at radius 1 is 1.30 bits per heavy atom. The molecule has 0 saturated carbocycles. The smallest absolute Gasteiger partial charge is 0.226 e. The van der Waals surface area contributed by atoms with Crippen LogP contribution in [0.25, 0.3) is 0 Å². The molecule has 0 aliphatic rings. The van der Waals surface area contributed by atoms with Gasteiger partial charge in [-0.25, -0.2) is 0 Å². The quantitative estimate of drug-likeness (QED) is 0.829. The summed E-state index contributed by atoms with van der Waals surface area (Å²) in [4.78, 5) is 14.1. The number of nitrogens with zero attached hydrogens (tertiary/aromatic N) is 1. The third kappa shape index (κ3) is 4.64. The number of carbonyl (C=O) groups excluding carboxylic acids is 1. The van der Waals surface area contributed by atoms with E-state index in [1.165, 1.54) is 5.56 Å². The van der Waals surface area contributed by atoms with Gasteiger partial charge < -0.3 is 10.6 Å². The van der Waals surface area contributed by atoms with Crippen LogP contribution in [0.1, 0.15) is 43.7 Å². The van der Waals surface area contributed by atoms with E-state index in [4.69, 9.17) is 5.73 Å². The molecule has 112 valence electrons. The average molecular weight is 276 g/mol. The molecule has 0 aliphatic carbocycles. The molecule has 1 atom stereocenters. The van der Waals surface area contributed by atoms with Crippen LogP contribution in [0.2, 0.25) is 0 Å². The number of aryl methyl sites for hydroxylation is 2. The minimum Gasteiger partial charge on any atom is -0.330 e. The third-order valence-electron chi connectivity index (χ3n) is 4.01. The molecular weight excluding hydrogens is 248 g/mol. The maximum absolute atomic E-state index is 12.3. The highest BCUT2D eigenvalue weighted by molar-refractivity contribution is 5.93. The van der Waals surface area contributed by atoms with E-state index in [1.807, 2.05) is 13.1 Å². The molecule has 0 aromatic heterocycles. The summed E-state index contributed by atoms with van der Waals surface area (Å²) < 4.78 is 0. The highest BCUT2D eigenvalue weighted by Crippen LogP contribution is 2.22. The average Bonchev–Trinajstić information content (AvgIpc) is 2.42. The summed E-state index contributed by atoms with van der Waals surface area (Å²) in [5.74, 6) is 0.754. The first-order valence-corrected chi connectivity index (χ1v) is 7.53. The Balaban J connectivity index is 2.62. The molecular formula is C17H28N2O. The predicted octanol–water partition coefficient (Wildman–Crippen LogP) is 3.42. The van der Waals surface area contributed by atoms with Crippen molar-refractivity contribution in [2.24, 2.45) is 11.7 Å². The van der Waals surface area contributed by atoms with Gasteiger partial charge in [0.15, 0.2) is 0 Å². The number of rotatable bonds is 7. The van der Waals surface area contributed by atoms with E-state index < -0.39 is 0 Å². The molecule has 0 aliphatic heterocycles. The summed E-state index contributed by atoms with van der Waals surface area (Å²) >= 11 is 0. The SMILES string of the molecule is CCC(CCN)CCC(=O)N(C)c1ccc(C)cc1C. The van der Waals surface area contributed by atoms with Crippen LogP contribution in [-0.4, -0.2) is 19.5 Å². The Kier molecular flexibility index (Phi) is 6.73. The van der Waals surface area contributed by atoms with Crippen LogP contribution < -0.4 is 10.6 Å². The molecule has 1 unspecified atom stereocenters. The summed E-state index contributed by atoms with van der Waals surface area (Å²) in [5, 5.41) is 0. The van der Waals surface area contributed by atoms with Gasteiger partial charge in [0.1, 0.15) is 0 Å². The number of carbonyl (C=O) groups is 1. The minimum atomic E-state index is 0.187. The van der Waals surface area contributed by atoms with Gasteiger partial charge in [0.05, 0.1) is 0 Å². The van der Waals surface area contributed by atoms with Crippen molar-refractivity contribution in [3.05, 3.63) is 29.3 Å². The molecule has 0 heterocycles. The van der Waals surface area contributed by atoms with E-state index in [9.17, 15) is 4.79 Å². The first-order valence-electron chi connectivity index (χ1n) is 7.53. The molecule has 0 bridgehead atoms. The third-order valence-corrected chi connectivity index (χ3v) is 4.01. The number of nitrogens with two attached hydrogens (primary N) is 1. The fourth-order valence-corrected chi connectivity index (χ4v) is 2.60. The van der Waals surface area contributed by atoms with Crippen LogP contribution >= 0.6 is 0 Å². The fraction of sp³-hybridized carbons (Fsp3) is 0.588. The molecule has 0 spiro atoms. The summed E-state index contributed by atoms with van der Waals surface area (Å²) in [6, 6.07) is 6.19. The van der Waals surface area contributed by atoms with E-state index in [0.717, 1.165) is 30.5 Å². The zero-order valence-corrected chi connectivity index (χ0v) is 13.3. The molecule has 1 amide bonds. The first-order chi connectivity index (χ1) is 9.49. The van der Waals surface area contributed by atoms with Crippen molar-refractivity contribution >= 4 is 11.6 Å². The van der Waals surface area contributed by atoms with Gasteiger partial charge in [-0.3, -0.25) is 4.79 Å². The Hall–Kier alpha value is -1.35. The Bertz CT molecular complexity index is 443. The van der Waals surface area contributed by atoms with Gasteiger partial charge in [0.25, 0.3) is 0 Å². The highest BCUT2D eigenvalue weighted by Gasteiger charge is 2.15. The zero-order chi connectivity index (χ0) is 15.1. The zero-order valence-electron chi connectivity index (χ0n) is 13.3. The summed E-state index contributed by atoms with van der Waals surface area (Å²) in [7, 11) is 1.86. The van der Waals surface area contributed by atoms with E-state index >= 15 is 0 Å². The van der Waals surface area contributed by atoms with E-state index in [2.05, 4.69) is 32.9 Å². The summed E-state index contributed by atoms with van der Waals surface area (Å²) in [6.45, 7) is 6.99. The van der Waals surface area contributed by atoms with Crippen LogP contribution in [0.3, 0.4) is 0 Å². The van der Waals surface area contributed by atoms with Crippen molar-refractivity contribution in [1.82, 2.24) is 0 Å². The number of anilines is 1. The van der Waals surface area contributed by atoms with E-state index in [1.54, 1.807) is 4.90 Å². The lowest BCUT2D eigenvalue weighted by atomic mass is 9.96. The van der Waals surface area contributed by atoms with E-state index in [0.29, 0.717) is 18.9 Å². The molecule has 20 heavy (non-hydrogen) atoms. The number of hydrogen-bond donors (Lipinski definition) is 1. The first kappa shape index (κ1) is 16.7. The molecule has 1 aromatic carbocycles. The van der Waals surface area contributed by atoms with Gasteiger partial charge in [0.2, 0.25) is 5.91 Å². The fourth-order valence-electron chi connectivity index (χ4n) is 2.60. The van der Waals surface area contributed by atoms with Gasteiger partial charge in [-0.15, -0.1) is 0 Å². The topological polar surface area (TPSA) is 46.3 Å². The van der Waals surface area contributed by atoms with Crippen LogP contribution in [0.15, 0.2) is 18.2 Å². The van der Waals surface area contributed by atoms with Crippen molar-refractivity contribution in [3.8, 4) is 0 Å². The Morgan fingerprint density at radius 3 is 2.55 bits per heavy atom. The highest BCUT2D eigenvalue weighted by atomic mass is 16.2. The molecule has 1 aromatic rings. The van der Waals surface area contributed by atoms with Crippen molar-refractivity contribution < 1.29 is 4.79 Å². The molecule has 3 heteroatoms. The van der Waals surface area contributed by atoms with Crippen molar-refractivity contribution in [2.45, 2.75) is 46.5 Å². The van der Waals surface area contributed by atoms with Crippen LogP contribution in [0.5, 0.6) is 0 Å². The van der Waals surface area contributed by atoms with Gasteiger partial charge in [-0.2, -0.15) is 0 Å². The lowest BCUT2D eigenvalue weighted by Crippen LogP contribution is -2.27. The standard InChI is InChI=1S/C17H28N2O/c1-5-15(10-11-18)7-9-17(20)19(4)16-8-6-13(2)12-14(16)3/h6,8,12,15H,5,7,9-11,18H2,1-4H3. The Labute approximate surface area is 123 Å². The summed E-state index contributed by atoms with van der Waals surface area (Å²) in [6.07, 6.45) is 3.64. The molecule has 1 rings (SSSR count). The van der Waals surface area contributed by atoms with Crippen molar-refractivity contribution in [3.63, 3.8) is 0 Å². The second-order valence-electron chi connectivity index (χ2n) is 5.63. The van der Waals surface area contributed by atoms with Crippen LogP contribution in [-0.2, 0) is 4.79 Å². The van der Waals surface area contributed by atoms with Gasteiger partial charge >= 0.3 is 0 Å². The number of amides is 1. The number of benzene rings is 1. The Morgan fingerprint density at radius 2 is 2.00 bits per heavy atom. The maximum Gasteiger partial charge on any atom is 0.226 e. The van der Waals surface area contributed by atoms with Crippen molar-refractivity contribution in [1.29, 1.82) is 0 Å². The van der Waals surface area contributed by atoms with Gasteiger partial charge in [0, 0.05) is 19.2 Å². The lowest BCUT2D eigenvalue weighted by Gasteiger charge is -2.21. The number of hydrogen-bond acceptors (Lipinski definition) is 2. The van der Waals surface area contributed by atoms with Crippen molar-refractivity contribution in [2.75, 3.05) is 18.5 Å². The molecule has 3 nitrogen and oxygen atoms in total. The van der Waals surface area contributed by atoms with Crippen LogP contribution in [0, 0.1) is 19.8 Å². The van der Waals surface area contributed by atoms with Gasteiger partial charge in [-0.1, -0.05) is 31.0 Å². The maximum atomic E-state index is 12.3. The lowest BCUT2D eigenvalue weighted by molar-refractivity contribution is -0.118.